The molecule has 0 saturated heterocycles. The maximum atomic E-state index is 13.2. The van der Waals surface area contributed by atoms with E-state index in [1.807, 2.05) is 56.5 Å². The number of hydrogen-bond donors (Lipinski definition) is 1. The molecule has 2 aromatic carbocycles. The highest BCUT2D eigenvalue weighted by Crippen LogP contribution is 2.26. The Labute approximate surface area is 179 Å². The average molecular weight is 420 g/mol. The maximum absolute atomic E-state index is 13.2. The van der Waals surface area contributed by atoms with Crippen molar-refractivity contribution in [3.63, 3.8) is 0 Å². The van der Waals surface area contributed by atoms with Crippen LogP contribution in [-0.2, 0) is 6.54 Å². The molecule has 6 heteroatoms. The first-order chi connectivity index (χ1) is 14.3. The highest BCUT2D eigenvalue weighted by atomic mass is 35.5. The summed E-state index contributed by atoms with van der Waals surface area (Å²) < 4.78 is 1.90. The second-order valence-corrected chi connectivity index (χ2v) is 7.92. The lowest BCUT2D eigenvalue weighted by molar-refractivity contribution is 0.102. The summed E-state index contributed by atoms with van der Waals surface area (Å²) in [6.45, 7) is 8.32. The van der Waals surface area contributed by atoms with Gasteiger partial charge in [0, 0.05) is 34.2 Å². The number of amides is 1. The minimum atomic E-state index is -0.440. The third-order valence-corrected chi connectivity index (χ3v) is 5.76. The molecule has 4 rings (SSSR count). The van der Waals surface area contributed by atoms with Crippen molar-refractivity contribution in [3.8, 4) is 0 Å². The molecular weight excluding hydrogens is 398 g/mol. The Morgan fingerprint density at radius 3 is 2.60 bits per heavy atom. The van der Waals surface area contributed by atoms with Crippen molar-refractivity contribution in [2.45, 2.75) is 34.2 Å². The molecule has 1 N–H and O–H groups in total. The van der Waals surface area contributed by atoms with Gasteiger partial charge in [0.15, 0.2) is 0 Å². The van der Waals surface area contributed by atoms with Gasteiger partial charge in [-0.3, -0.25) is 14.6 Å². The highest BCUT2D eigenvalue weighted by Gasteiger charge is 2.18. The number of aryl methyl sites for hydroxylation is 4. The van der Waals surface area contributed by atoms with Gasteiger partial charge in [0.1, 0.15) is 5.56 Å². The van der Waals surface area contributed by atoms with Gasteiger partial charge in [-0.25, -0.2) is 0 Å². The van der Waals surface area contributed by atoms with E-state index in [-0.39, 0.29) is 11.0 Å². The van der Waals surface area contributed by atoms with Crippen LogP contribution in [-0.4, -0.2) is 15.5 Å². The zero-order chi connectivity index (χ0) is 21.6. The second kappa shape index (κ2) is 7.58. The Kier molecular flexibility index (Phi) is 5.08. The van der Waals surface area contributed by atoms with E-state index in [0.717, 1.165) is 33.2 Å². The van der Waals surface area contributed by atoms with E-state index >= 15 is 0 Å². The minimum absolute atomic E-state index is 0.0985. The van der Waals surface area contributed by atoms with Crippen molar-refractivity contribution >= 4 is 45.0 Å². The lowest BCUT2D eigenvalue weighted by Crippen LogP contribution is -2.24. The Bertz CT molecular complexity index is 1390. The number of benzene rings is 2. The van der Waals surface area contributed by atoms with Crippen LogP contribution < -0.4 is 10.7 Å². The number of aromatic nitrogens is 2. The zero-order valence-corrected chi connectivity index (χ0v) is 18.1. The predicted molar refractivity (Wildman–Crippen MR) is 123 cm³/mol. The first-order valence-electron chi connectivity index (χ1n) is 9.81. The molecule has 0 radical (unpaired) electrons. The lowest BCUT2D eigenvalue weighted by atomic mass is 10.1. The SMILES string of the molecule is CCn1cc(C(=O)Nc2cc(C)nc3ccc(C)cc23)c(=O)c2ccc(Cl)c(C)c21. The summed E-state index contributed by atoms with van der Waals surface area (Å²) in [5.74, 6) is -0.440. The van der Waals surface area contributed by atoms with E-state index in [4.69, 9.17) is 11.6 Å². The van der Waals surface area contributed by atoms with Gasteiger partial charge in [0.2, 0.25) is 5.43 Å². The Balaban J connectivity index is 1.87. The summed E-state index contributed by atoms with van der Waals surface area (Å²) in [5.41, 5.74) is 4.66. The molecule has 4 aromatic rings. The van der Waals surface area contributed by atoms with Crippen molar-refractivity contribution in [1.82, 2.24) is 9.55 Å². The number of halogens is 1. The summed E-state index contributed by atoms with van der Waals surface area (Å²) >= 11 is 6.26. The number of anilines is 1. The number of fused-ring (bicyclic) bond motifs is 2. The Morgan fingerprint density at radius 1 is 1.10 bits per heavy atom. The second-order valence-electron chi connectivity index (χ2n) is 7.51. The average Bonchev–Trinajstić information content (AvgIpc) is 2.71. The van der Waals surface area contributed by atoms with Crippen LogP contribution in [0.5, 0.6) is 0 Å². The largest absolute Gasteiger partial charge is 0.346 e. The summed E-state index contributed by atoms with van der Waals surface area (Å²) in [5, 5.41) is 4.85. The third-order valence-electron chi connectivity index (χ3n) is 5.35. The zero-order valence-electron chi connectivity index (χ0n) is 17.3. The highest BCUT2D eigenvalue weighted by molar-refractivity contribution is 6.32. The van der Waals surface area contributed by atoms with Crippen molar-refractivity contribution in [3.05, 3.63) is 80.2 Å². The van der Waals surface area contributed by atoms with Crippen LogP contribution in [0.1, 0.15) is 34.1 Å². The van der Waals surface area contributed by atoms with Crippen LogP contribution in [0.2, 0.25) is 5.02 Å². The van der Waals surface area contributed by atoms with Gasteiger partial charge in [-0.2, -0.15) is 0 Å². The van der Waals surface area contributed by atoms with Crippen LogP contribution in [0.15, 0.2) is 47.4 Å². The fourth-order valence-corrected chi connectivity index (χ4v) is 3.98. The molecular formula is C24H22ClN3O2. The fourth-order valence-electron chi connectivity index (χ4n) is 3.83. The van der Waals surface area contributed by atoms with Gasteiger partial charge in [-0.1, -0.05) is 23.2 Å². The van der Waals surface area contributed by atoms with Gasteiger partial charge in [0.25, 0.3) is 5.91 Å². The van der Waals surface area contributed by atoms with E-state index < -0.39 is 5.91 Å². The summed E-state index contributed by atoms with van der Waals surface area (Å²) in [4.78, 5) is 30.8. The van der Waals surface area contributed by atoms with Crippen LogP contribution in [0, 0.1) is 20.8 Å². The topological polar surface area (TPSA) is 64.0 Å². The molecule has 2 aromatic heterocycles. The van der Waals surface area contributed by atoms with E-state index in [9.17, 15) is 9.59 Å². The number of pyridine rings is 2. The molecule has 0 aliphatic carbocycles. The normalized spacial score (nSPS) is 11.2. The van der Waals surface area contributed by atoms with E-state index in [1.54, 1.807) is 18.3 Å². The summed E-state index contributed by atoms with van der Waals surface area (Å²) in [7, 11) is 0. The van der Waals surface area contributed by atoms with Crippen molar-refractivity contribution in [2.75, 3.05) is 5.32 Å². The number of nitrogens with zero attached hydrogens (tertiary/aromatic N) is 2. The van der Waals surface area contributed by atoms with Gasteiger partial charge in [-0.15, -0.1) is 0 Å². The Morgan fingerprint density at radius 2 is 1.87 bits per heavy atom. The fraction of sp³-hybridized carbons (Fsp3) is 0.208. The number of hydrogen-bond acceptors (Lipinski definition) is 3. The molecule has 0 bridgehead atoms. The molecule has 0 atom stereocenters. The van der Waals surface area contributed by atoms with Crippen LogP contribution in [0.25, 0.3) is 21.8 Å². The van der Waals surface area contributed by atoms with Crippen LogP contribution in [0.3, 0.4) is 0 Å². The van der Waals surface area contributed by atoms with Gasteiger partial charge in [-0.05, 0) is 63.6 Å². The number of nitrogens with one attached hydrogen (secondary N) is 1. The molecule has 0 aliphatic heterocycles. The molecule has 0 aliphatic rings. The number of rotatable bonds is 3. The molecule has 0 fully saturated rings. The van der Waals surface area contributed by atoms with E-state index in [1.165, 1.54) is 0 Å². The summed E-state index contributed by atoms with van der Waals surface area (Å²) in [6.07, 6.45) is 1.62. The van der Waals surface area contributed by atoms with Crippen molar-refractivity contribution < 1.29 is 4.79 Å². The molecule has 0 spiro atoms. The molecule has 2 heterocycles. The molecule has 5 nitrogen and oxygen atoms in total. The molecule has 0 saturated carbocycles. The third kappa shape index (κ3) is 3.35. The molecule has 1 amide bonds. The van der Waals surface area contributed by atoms with Gasteiger partial charge in [0.05, 0.1) is 16.7 Å². The minimum Gasteiger partial charge on any atom is -0.346 e. The first kappa shape index (κ1) is 20.1. The van der Waals surface area contributed by atoms with Crippen LogP contribution >= 0.6 is 11.6 Å². The molecule has 30 heavy (non-hydrogen) atoms. The lowest BCUT2D eigenvalue weighted by Gasteiger charge is -2.15. The first-order valence-corrected chi connectivity index (χ1v) is 10.2. The van der Waals surface area contributed by atoms with E-state index in [0.29, 0.717) is 22.6 Å². The van der Waals surface area contributed by atoms with Gasteiger partial charge >= 0.3 is 0 Å². The van der Waals surface area contributed by atoms with E-state index in [2.05, 4.69) is 10.3 Å². The quantitative estimate of drug-likeness (QED) is 0.483. The molecule has 152 valence electrons. The maximum Gasteiger partial charge on any atom is 0.261 e. The standard InChI is InChI=1S/C24H22ClN3O2/c1-5-28-12-18(23(29)16-7-8-19(25)15(4)22(16)28)24(30)27-21-11-14(3)26-20-9-6-13(2)10-17(20)21/h6-12H,5H2,1-4H3,(H,26,27,30). The number of carbonyl (C=O) groups excluding carboxylic acids is 1. The smallest absolute Gasteiger partial charge is 0.261 e. The predicted octanol–water partition coefficient (Wildman–Crippen LogP) is 5.40. The molecule has 0 unspecified atom stereocenters. The number of carbonyl (C=O) groups is 1. The van der Waals surface area contributed by atoms with Crippen LogP contribution in [0.4, 0.5) is 5.69 Å². The Hall–Kier alpha value is -3.18. The monoisotopic (exact) mass is 419 g/mol. The van der Waals surface area contributed by atoms with Gasteiger partial charge < -0.3 is 9.88 Å². The van der Waals surface area contributed by atoms with Crippen molar-refractivity contribution in [2.24, 2.45) is 0 Å². The summed E-state index contributed by atoms with van der Waals surface area (Å²) in [6, 6.07) is 11.1. The van der Waals surface area contributed by atoms with Crippen molar-refractivity contribution in [1.29, 1.82) is 0 Å².